The van der Waals surface area contributed by atoms with Crippen LogP contribution in [0.3, 0.4) is 0 Å². The highest BCUT2D eigenvalue weighted by molar-refractivity contribution is 8.00. The van der Waals surface area contributed by atoms with Gasteiger partial charge in [0.25, 0.3) is 10.0 Å². The van der Waals surface area contributed by atoms with Gasteiger partial charge in [0.15, 0.2) is 0 Å². The Morgan fingerprint density at radius 3 is 2.56 bits per heavy atom. The topological polar surface area (TPSA) is 75.7 Å². The lowest BCUT2D eigenvalue weighted by Crippen LogP contribution is -2.30. The van der Waals surface area contributed by atoms with Crippen molar-refractivity contribution in [2.24, 2.45) is 0 Å². The first kappa shape index (κ1) is 19.6. The van der Waals surface area contributed by atoms with Gasteiger partial charge in [0.2, 0.25) is 5.91 Å². The zero-order valence-electron chi connectivity index (χ0n) is 15.4. The number of ether oxygens (including phenoxy) is 1. The molecule has 0 fully saturated rings. The third-order valence-corrected chi connectivity index (χ3v) is 7.34. The summed E-state index contributed by atoms with van der Waals surface area (Å²) in [5.74, 6) is 0.553. The fourth-order valence-corrected chi connectivity index (χ4v) is 5.51. The first-order valence-electron chi connectivity index (χ1n) is 8.62. The first-order chi connectivity index (χ1) is 12.8. The van der Waals surface area contributed by atoms with Gasteiger partial charge in [0.1, 0.15) is 5.75 Å². The van der Waals surface area contributed by atoms with E-state index in [1.165, 1.54) is 4.31 Å². The molecule has 3 rings (SSSR count). The second-order valence-corrected chi connectivity index (χ2v) is 9.55. The van der Waals surface area contributed by atoms with E-state index < -0.39 is 10.0 Å². The van der Waals surface area contributed by atoms with Crippen LogP contribution in [0.4, 0.5) is 11.4 Å². The predicted octanol–water partition coefficient (Wildman–Crippen LogP) is 3.73. The Morgan fingerprint density at radius 1 is 1.22 bits per heavy atom. The van der Waals surface area contributed by atoms with Crippen LogP contribution in [0, 0.1) is 0 Å². The quantitative estimate of drug-likeness (QED) is 0.819. The van der Waals surface area contributed by atoms with Crippen LogP contribution in [0.15, 0.2) is 52.3 Å². The second kappa shape index (κ2) is 7.82. The number of methoxy groups -OCH3 is 1. The Morgan fingerprint density at radius 2 is 1.93 bits per heavy atom. The molecule has 1 N–H and O–H groups in total. The van der Waals surface area contributed by atoms with E-state index >= 15 is 0 Å². The predicted molar refractivity (Wildman–Crippen MR) is 108 cm³/mol. The highest BCUT2D eigenvalue weighted by atomic mass is 32.2. The van der Waals surface area contributed by atoms with Crippen LogP contribution < -0.4 is 14.4 Å². The van der Waals surface area contributed by atoms with Crippen molar-refractivity contribution in [2.75, 3.05) is 23.3 Å². The molecule has 6 nitrogen and oxygen atoms in total. The first-order valence-corrected chi connectivity index (χ1v) is 10.9. The summed E-state index contributed by atoms with van der Waals surface area (Å²) in [4.78, 5) is 13.0. The average molecular weight is 407 g/mol. The molecular weight excluding hydrogens is 384 g/mol. The van der Waals surface area contributed by atoms with E-state index in [0.717, 1.165) is 4.90 Å². The summed E-state index contributed by atoms with van der Waals surface area (Å²) >= 11 is 1.56. The minimum absolute atomic E-state index is 0.106. The Labute approximate surface area is 164 Å². The smallest absolute Gasteiger partial charge is 0.264 e. The van der Waals surface area contributed by atoms with Crippen molar-refractivity contribution in [3.63, 3.8) is 0 Å². The standard InChI is InChI=1S/C19H22N2O4S2/c1-4-21(14-5-7-15(25-3)8-6-14)27(23,24)16-9-10-18-17(12-16)20-19(22)11-13(2)26-18/h5-10,12-13H,4,11H2,1-3H3,(H,20,22). The zero-order chi connectivity index (χ0) is 19.6. The van der Waals surface area contributed by atoms with Crippen LogP contribution in [0.1, 0.15) is 20.3 Å². The van der Waals surface area contributed by atoms with Gasteiger partial charge in [-0.15, -0.1) is 11.8 Å². The number of benzene rings is 2. The van der Waals surface area contributed by atoms with Crippen LogP contribution in [-0.2, 0) is 14.8 Å². The normalized spacial score (nSPS) is 16.9. The summed E-state index contributed by atoms with van der Waals surface area (Å²) in [5, 5.41) is 2.96. The Hall–Kier alpha value is -2.19. The number of sulfonamides is 1. The molecule has 2 aromatic carbocycles. The lowest BCUT2D eigenvalue weighted by Gasteiger charge is -2.23. The van der Waals surface area contributed by atoms with Gasteiger partial charge in [0.05, 0.1) is 23.4 Å². The number of nitrogens with one attached hydrogen (secondary N) is 1. The molecule has 1 amide bonds. The SMILES string of the molecule is CCN(c1ccc(OC)cc1)S(=O)(=O)c1ccc2c(c1)NC(=O)CC(C)S2. The Bertz CT molecular complexity index is 943. The number of hydrogen-bond acceptors (Lipinski definition) is 5. The molecule has 0 bridgehead atoms. The molecule has 0 aliphatic carbocycles. The van der Waals surface area contributed by atoms with Crippen molar-refractivity contribution in [1.82, 2.24) is 0 Å². The zero-order valence-corrected chi connectivity index (χ0v) is 17.1. The lowest BCUT2D eigenvalue weighted by molar-refractivity contribution is -0.116. The van der Waals surface area contributed by atoms with Gasteiger partial charge in [-0.1, -0.05) is 6.92 Å². The Kier molecular flexibility index (Phi) is 5.67. The molecular formula is C19H22N2O4S2. The van der Waals surface area contributed by atoms with Crippen molar-refractivity contribution >= 4 is 39.1 Å². The summed E-state index contributed by atoms with van der Waals surface area (Å²) in [7, 11) is -2.21. The summed E-state index contributed by atoms with van der Waals surface area (Å²) < 4.78 is 32.9. The molecule has 1 aliphatic rings. The minimum atomic E-state index is -3.77. The van der Waals surface area contributed by atoms with Gasteiger partial charge in [-0.2, -0.15) is 0 Å². The van der Waals surface area contributed by atoms with Crippen LogP contribution in [-0.4, -0.2) is 33.2 Å². The van der Waals surface area contributed by atoms with E-state index in [-0.39, 0.29) is 22.6 Å². The molecule has 144 valence electrons. The highest BCUT2D eigenvalue weighted by Gasteiger charge is 2.26. The number of hydrogen-bond donors (Lipinski definition) is 1. The maximum Gasteiger partial charge on any atom is 0.264 e. The number of anilines is 2. The van der Waals surface area contributed by atoms with Gasteiger partial charge < -0.3 is 10.1 Å². The molecule has 2 aromatic rings. The number of carbonyl (C=O) groups excluding carboxylic acids is 1. The number of fused-ring (bicyclic) bond motifs is 1. The number of nitrogens with zero attached hydrogens (tertiary/aromatic N) is 1. The molecule has 1 aliphatic heterocycles. The molecule has 0 radical (unpaired) electrons. The summed E-state index contributed by atoms with van der Waals surface area (Å²) in [6.45, 7) is 4.04. The number of amides is 1. The number of rotatable bonds is 5. The van der Waals surface area contributed by atoms with Gasteiger partial charge in [-0.3, -0.25) is 9.10 Å². The van der Waals surface area contributed by atoms with Crippen molar-refractivity contribution < 1.29 is 17.9 Å². The van der Waals surface area contributed by atoms with E-state index in [1.807, 2.05) is 6.92 Å². The maximum absolute atomic E-state index is 13.2. The molecule has 8 heteroatoms. The fourth-order valence-electron chi connectivity index (χ4n) is 2.96. The van der Waals surface area contributed by atoms with Crippen molar-refractivity contribution in [2.45, 2.75) is 35.3 Å². The van der Waals surface area contributed by atoms with Crippen molar-refractivity contribution in [3.05, 3.63) is 42.5 Å². The minimum Gasteiger partial charge on any atom is -0.497 e. The monoisotopic (exact) mass is 406 g/mol. The lowest BCUT2D eigenvalue weighted by atomic mass is 10.3. The van der Waals surface area contributed by atoms with E-state index in [4.69, 9.17) is 4.74 Å². The second-order valence-electron chi connectivity index (χ2n) is 6.21. The summed E-state index contributed by atoms with van der Waals surface area (Å²) in [6, 6.07) is 11.8. The molecule has 0 spiro atoms. The molecule has 0 aromatic heterocycles. The summed E-state index contributed by atoms with van der Waals surface area (Å²) in [6.07, 6.45) is 0.397. The van der Waals surface area contributed by atoms with Gasteiger partial charge in [0, 0.05) is 23.1 Å². The highest BCUT2D eigenvalue weighted by Crippen LogP contribution is 2.37. The third-order valence-electron chi connectivity index (χ3n) is 4.26. The maximum atomic E-state index is 13.2. The number of thioether (sulfide) groups is 1. The van der Waals surface area contributed by atoms with E-state index in [1.54, 1.807) is 68.3 Å². The van der Waals surface area contributed by atoms with Crippen LogP contribution in [0.2, 0.25) is 0 Å². The van der Waals surface area contributed by atoms with Gasteiger partial charge in [-0.05, 0) is 49.4 Å². The molecule has 0 saturated heterocycles. The van der Waals surface area contributed by atoms with E-state index in [2.05, 4.69) is 5.32 Å². The number of carbonyl (C=O) groups is 1. The van der Waals surface area contributed by atoms with Crippen molar-refractivity contribution in [3.8, 4) is 5.75 Å². The molecule has 27 heavy (non-hydrogen) atoms. The van der Waals surface area contributed by atoms with Crippen LogP contribution >= 0.6 is 11.8 Å². The van der Waals surface area contributed by atoms with E-state index in [9.17, 15) is 13.2 Å². The van der Waals surface area contributed by atoms with Gasteiger partial charge >= 0.3 is 0 Å². The molecule has 1 unspecified atom stereocenters. The molecule has 1 atom stereocenters. The largest absolute Gasteiger partial charge is 0.497 e. The average Bonchev–Trinajstić information content (AvgIpc) is 2.78. The van der Waals surface area contributed by atoms with Gasteiger partial charge in [-0.25, -0.2) is 8.42 Å². The Balaban J connectivity index is 1.99. The molecule has 1 heterocycles. The van der Waals surface area contributed by atoms with Crippen LogP contribution in [0.5, 0.6) is 5.75 Å². The van der Waals surface area contributed by atoms with E-state index in [0.29, 0.717) is 23.5 Å². The third kappa shape index (κ3) is 4.06. The van der Waals surface area contributed by atoms with Crippen LogP contribution in [0.25, 0.3) is 0 Å². The molecule has 0 saturated carbocycles. The fraction of sp³-hybridized carbons (Fsp3) is 0.316. The summed E-state index contributed by atoms with van der Waals surface area (Å²) in [5.41, 5.74) is 1.10. The van der Waals surface area contributed by atoms with Crippen molar-refractivity contribution in [1.29, 1.82) is 0 Å².